The van der Waals surface area contributed by atoms with Crippen molar-refractivity contribution in [2.24, 2.45) is 0 Å². The van der Waals surface area contributed by atoms with Gasteiger partial charge in [-0.1, -0.05) is 0 Å². The van der Waals surface area contributed by atoms with Gasteiger partial charge in [-0.25, -0.2) is 0 Å². The van der Waals surface area contributed by atoms with E-state index in [4.69, 9.17) is 50.6 Å². The monoisotopic (exact) mass is 901 g/mol. The summed E-state index contributed by atoms with van der Waals surface area (Å²) in [7, 11) is -18.0. The molecule has 0 aliphatic carbocycles. The van der Waals surface area contributed by atoms with Gasteiger partial charge < -0.3 is 55.9 Å². The van der Waals surface area contributed by atoms with Crippen molar-refractivity contribution in [3.05, 3.63) is 0 Å². The van der Waals surface area contributed by atoms with Crippen molar-refractivity contribution in [2.75, 3.05) is 41.5 Å². The van der Waals surface area contributed by atoms with Crippen molar-refractivity contribution in [2.45, 2.75) is 143 Å². The molecule has 0 rings (SSSR count). The molecule has 0 atom stereocenters. The van der Waals surface area contributed by atoms with Gasteiger partial charge in [0.25, 0.3) is 0 Å². The predicted molar refractivity (Wildman–Crippen MR) is 232 cm³/mol. The molecule has 0 saturated heterocycles. The first-order valence-electron chi connectivity index (χ1n) is 18.1. The minimum absolute atomic E-state index is 0.661. The van der Waals surface area contributed by atoms with E-state index in [0.717, 1.165) is 25.9 Å². The van der Waals surface area contributed by atoms with Crippen LogP contribution in [0.4, 0.5) is 0 Å². The normalized spacial score (nSPS) is 15.2. The van der Waals surface area contributed by atoms with E-state index in [-0.39, 0.29) is 0 Å². The first-order chi connectivity index (χ1) is 22.6. The van der Waals surface area contributed by atoms with Crippen molar-refractivity contribution in [1.29, 1.82) is 0 Å². The zero-order chi connectivity index (χ0) is 40.4. The highest BCUT2D eigenvalue weighted by molar-refractivity contribution is 6.90. The standard InChI is InChI=1S/C28H79NO12Si10/c1-30-50(31-2,40-48(19,20)38-46(15,16)36-44(11,12)34-42(5,6)7)27-23-25-29-26-24-28-51(32-3,33-4)41-49(21,22)39-47(17,18)37-45(13,14)35-43(8,9)10/h29H,23-28H2,1-22H3. The van der Waals surface area contributed by atoms with E-state index in [1.165, 1.54) is 0 Å². The molecule has 0 bridgehead atoms. The van der Waals surface area contributed by atoms with Crippen molar-refractivity contribution in [3.8, 4) is 0 Å². The van der Waals surface area contributed by atoms with Gasteiger partial charge in [0.05, 0.1) is 0 Å². The van der Waals surface area contributed by atoms with Crippen LogP contribution in [0.15, 0.2) is 0 Å². The molecule has 0 radical (unpaired) electrons. The van der Waals surface area contributed by atoms with E-state index in [2.05, 4.69) is 97.0 Å². The molecule has 13 nitrogen and oxygen atoms in total. The Kier molecular flexibility index (Phi) is 21.0. The third-order valence-corrected chi connectivity index (χ3v) is 42.2. The number of hydrogen-bond acceptors (Lipinski definition) is 13. The second-order valence-corrected chi connectivity index (χ2v) is 54.7. The molecule has 308 valence electrons. The van der Waals surface area contributed by atoms with Crippen LogP contribution in [0.5, 0.6) is 0 Å². The largest absolute Gasteiger partial charge is 0.491 e. The van der Waals surface area contributed by atoms with Crippen LogP contribution < -0.4 is 5.32 Å². The summed E-state index contributed by atoms with van der Waals surface area (Å²) in [5.41, 5.74) is 0. The zero-order valence-corrected chi connectivity index (χ0v) is 46.6. The van der Waals surface area contributed by atoms with E-state index in [9.17, 15) is 0 Å². The van der Waals surface area contributed by atoms with Crippen molar-refractivity contribution < 1.29 is 50.6 Å². The Bertz CT molecular complexity index is 941. The Morgan fingerprint density at radius 3 is 0.745 bits per heavy atom. The minimum atomic E-state index is -2.98. The highest BCUT2D eigenvalue weighted by Crippen LogP contribution is 2.30. The SMILES string of the molecule is CO[Si](CCCNCCC[Si](OC)(OC)O[Si](C)(C)O[Si](C)(C)O[Si](C)(C)O[Si](C)(C)C)(OC)O[Si](C)(C)O[Si](C)(C)O[Si](C)(C)O[Si](C)(C)C. The van der Waals surface area contributed by atoms with Crippen LogP contribution in [-0.2, 0) is 50.6 Å². The molecule has 0 amide bonds. The maximum atomic E-state index is 6.67. The van der Waals surface area contributed by atoms with Gasteiger partial charge in [0, 0.05) is 40.5 Å². The van der Waals surface area contributed by atoms with Crippen LogP contribution >= 0.6 is 0 Å². The molecule has 0 aromatic heterocycles. The van der Waals surface area contributed by atoms with Crippen molar-refractivity contribution in [3.63, 3.8) is 0 Å². The molecule has 0 aromatic carbocycles. The summed E-state index contributed by atoms with van der Waals surface area (Å²) in [6, 6.07) is 1.32. The number of hydrogen-bond donors (Lipinski definition) is 1. The van der Waals surface area contributed by atoms with Gasteiger partial charge >= 0.3 is 69.0 Å². The van der Waals surface area contributed by atoms with Gasteiger partial charge in [-0.05, 0) is 144 Å². The molecule has 0 spiro atoms. The fraction of sp³-hybridized carbons (Fsp3) is 1.00. The fourth-order valence-electron chi connectivity index (χ4n) is 6.54. The Labute approximate surface area is 324 Å². The van der Waals surface area contributed by atoms with E-state index in [1.54, 1.807) is 28.4 Å². The quantitative estimate of drug-likeness (QED) is 0.0607. The van der Waals surface area contributed by atoms with Crippen LogP contribution in [0.25, 0.3) is 0 Å². The highest BCUT2D eigenvalue weighted by Gasteiger charge is 2.51. The summed E-state index contributed by atoms with van der Waals surface area (Å²) in [4.78, 5) is 0. The maximum Gasteiger partial charge on any atom is 0.491 e. The molecule has 0 aliphatic rings. The topological polar surface area (TPSA) is 123 Å². The summed E-state index contributed by atoms with van der Waals surface area (Å²) in [6.07, 6.45) is 1.64. The third-order valence-electron chi connectivity index (χ3n) is 6.79. The molecule has 0 fully saturated rings. The smallest absolute Gasteiger partial charge is 0.437 e. The number of nitrogens with one attached hydrogen (secondary N) is 1. The third kappa shape index (κ3) is 23.5. The van der Waals surface area contributed by atoms with Gasteiger partial charge in [-0.2, -0.15) is 0 Å². The molecule has 0 heterocycles. The lowest BCUT2D eigenvalue weighted by molar-refractivity contribution is 0.141. The fourth-order valence-corrected chi connectivity index (χ4v) is 51.0. The van der Waals surface area contributed by atoms with Crippen molar-refractivity contribution in [1.82, 2.24) is 5.32 Å². The summed E-state index contributed by atoms with van der Waals surface area (Å²) in [6.45, 7) is 39.5. The molecule has 0 unspecified atom stereocenters. The summed E-state index contributed by atoms with van der Waals surface area (Å²) in [5.74, 6) is 0. The lowest BCUT2D eigenvalue weighted by atomic mass is 10.4. The van der Waals surface area contributed by atoms with Crippen LogP contribution in [0.2, 0.25) is 130 Å². The molecule has 1 N–H and O–H groups in total. The molecule has 0 aromatic rings. The van der Waals surface area contributed by atoms with Crippen LogP contribution in [0.1, 0.15) is 12.8 Å². The number of rotatable bonds is 28. The molecular weight excluding hydrogens is 823 g/mol. The summed E-state index contributed by atoms with van der Waals surface area (Å²) >= 11 is 0. The van der Waals surface area contributed by atoms with Crippen LogP contribution in [-0.4, -0.2) is 127 Å². The van der Waals surface area contributed by atoms with Crippen LogP contribution in [0.3, 0.4) is 0 Å². The Balaban J connectivity index is 5.16. The first-order valence-corrected chi connectivity index (χ1v) is 45.7. The van der Waals surface area contributed by atoms with Gasteiger partial charge in [-0.15, -0.1) is 0 Å². The van der Waals surface area contributed by atoms with Gasteiger partial charge in [0.15, 0.2) is 16.6 Å². The second-order valence-electron chi connectivity index (χ2n) is 17.6. The second kappa shape index (κ2) is 20.4. The van der Waals surface area contributed by atoms with E-state index in [0.29, 0.717) is 12.1 Å². The average molecular weight is 903 g/mol. The molecule has 0 saturated carbocycles. The highest BCUT2D eigenvalue weighted by atomic mass is 28.5. The van der Waals surface area contributed by atoms with Crippen molar-refractivity contribution >= 4 is 85.6 Å². The molecule has 0 aliphatic heterocycles. The lowest BCUT2D eigenvalue weighted by Gasteiger charge is -2.42. The van der Waals surface area contributed by atoms with Gasteiger partial charge in [-0.3, -0.25) is 0 Å². The molecular formula is C28H79NO12Si10. The Hall–Kier alpha value is 1.65. The minimum Gasteiger partial charge on any atom is -0.437 e. The maximum absolute atomic E-state index is 6.67. The lowest BCUT2D eigenvalue weighted by Crippen LogP contribution is -2.60. The predicted octanol–water partition coefficient (Wildman–Crippen LogP) is 7.83. The van der Waals surface area contributed by atoms with E-state index < -0.39 is 85.6 Å². The van der Waals surface area contributed by atoms with Gasteiger partial charge in [0.1, 0.15) is 0 Å². The van der Waals surface area contributed by atoms with E-state index in [1.807, 2.05) is 26.2 Å². The van der Waals surface area contributed by atoms with Crippen LogP contribution in [0, 0.1) is 0 Å². The van der Waals surface area contributed by atoms with Gasteiger partial charge in [0.2, 0.25) is 0 Å². The Morgan fingerprint density at radius 1 is 0.314 bits per heavy atom. The first kappa shape index (κ1) is 52.6. The van der Waals surface area contributed by atoms with E-state index >= 15 is 0 Å². The molecule has 23 heteroatoms. The Morgan fingerprint density at radius 2 is 0.529 bits per heavy atom. The summed E-state index contributed by atoms with van der Waals surface area (Å²) < 4.78 is 76.5. The zero-order valence-electron chi connectivity index (χ0n) is 36.6. The molecule has 51 heavy (non-hydrogen) atoms. The summed E-state index contributed by atoms with van der Waals surface area (Å²) in [5, 5.41) is 3.55. The average Bonchev–Trinajstić information content (AvgIpc) is 2.85.